The van der Waals surface area contributed by atoms with Gasteiger partial charge in [0.15, 0.2) is 0 Å². The molecular weight excluding hydrogens is 248 g/mol. The minimum absolute atomic E-state index is 0.183. The van der Waals surface area contributed by atoms with Gasteiger partial charge in [0.05, 0.1) is 0 Å². The standard InChI is InChI=1S/C12H14Cl2FN/c13-10-3-5-16(6-4-10)8-9-7-11(14)1-2-12(9)15/h1-2,7,10H,3-6,8H2. The smallest absolute Gasteiger partial charge is 0.127 e. The first-order valence-corrected chi connectivity index (χ1v) is 6.27. The van der Waals surface area contributed by atoms with E-state index < -0.39 is 0 Å². The number of halogens is 3. The van der Waals surface area contributed by atoms with Crippen molar-refractivity contribution in [2.24, 2.45) is 0 Å². The maximum Gasteiger partial charge on any atom is 0.127 e. The second-order valence-corrected chi connectivity index (χ2v) is 5.24. The van der Waals surface area contributed by atoms with Crippen molar-refractivity contribution in [1.82, 2.24) is 4.90 Å². The molecule has 2 rings (SSSR count). The third-order valence-corrected chi connectivity index (χ3v) is 3.59. The highest BCUT2D eigenvalue weighted by atomic mass is 35.5. The third kappa shape index (κ3) is 3.09. The van der Waals surface area contributed by atoms with E-state index in [4.69, 9.17) is 23.2 Å². The van der Waals surface area contributed by atoms with Crippen LogP contribution in [0.25, 0.3) is 0 Å². The van der Waals surface area contributed by atoms with Crippen molar-refractivity contribution in [2.75, 3.05) is 13.1 Å². The van der Waals surface area contributed by atoms with Gasteiger partial charge in [0.2, 0.25) is 0 Å². The highest BCUT2D eigenvalue weighted by Gasteiger charge is 2.18. The molecule has 0 saturated carbocycles. The number of hydrogen-bond donors (Lipinski definition) is 0. The molecule has 0 radical (unpaired) electrons. The zero-order chi connectivity index (χ0) is 11.5. The topological polar surface area (TPSA) is 3.24 Å². The molecule has 1 aliphatic rings. The van der Waals surface area contributed by atoms with Crippen LogP contribution in [-0.2, 0) is 6.54 Å². The lowest BCUT2D eigenvalue weighted by Crippen LogP contribution is -2.33. The molecule has 1 heterocycles. The summed E-state index contributed by atoms with van der Waals surface area (Å²) in [5, 5.41) is 0.865. The summed E-state index contributed by atoms with van der Waals surface area (Å²) in [6.45, 7) is 2.48. The van der Waals surface area contributed by atoms with Crippen LogP contribution in [0.15, 0.2) is 18.2 Å². The fraction of sp³-hybridized carbons (Fsp3) is 0.500. The Bertz CT molecular complexity index is 362. The molecule has 1 aliphatic heterocycles. The summed E-state index contributed by atoms with van der Waals surface area (Å²) in [7, 11) is 0. The van der Waals surface area contributed by atoms with Crippen LogP contribution in [0.3, 0.4) is 0 Å². The molecule has 0 atom stereocenters. The second kappa shape index (κ2) is 5.35. The predicted octanol–water partition coefficient (Wildman–Crippen LogP) is 3.68. The summed E-state index contributed by atoms with van der Waals surface area (Å²) >= 11 is 11.9. The molecule has 4 heteroatoms. The van der Waals surface area contributed by atoms with Gasteiger partial charge in [-0.2, -0.15) is 0 Å². The average Bonchev–Trinajstić information content (AvgIpc) is 2.27. The van der Waals surface area contributed by atoms with Crippen molar-refractivity contribution in [1.29, 1.82) is 0 Å². The number of piperidine rings is 1. The molecule has 0 amide bonds. The summed E-state index contributed by atoms with van der Waals surface area (Å²) in [6, 6.07) is 4.70. The maximum absolute atomic E-state index is 13.5. The molecule has 0 aromatic heterocycles. The predicted molar refractivity (Wildman–Crippen MR) is 65.6 cm³/mol. The lowest BCUT2D eigenvalue weighted by atomic mass is 10.1. The number of hydrogen-bond acceptors (Lipinski definition) is 1. The SMILES string of the molecule is Fc1ccc(Cl)cc1CN1CCC(Cl)CC1. The first kappa shape index (κ1) is 12.2. The van der Waals surface area contributed by atoms with Crippen molar-refractivity contribution < 1.29 is 4.39 Å². The zero-order valence-electron chi connectivity index (χ0n) is 8.93. The lowest BCUT2D eigenvalue weighted by Gasteiger charge is -2.29. The number of benzene rings is 1. The molecule has 0 unspecified atom stereocenters. The number of nitrogens with zero attached hydrogens (tertiary/aromatic N) is 1. The normalized spacial score (nSPS) is 18.9. The molecule has 0 bridgehead atoms. The van der Waals surface area contributed by atoms with Crippen molar-refractivity contribution in [3.8, 4) is 0 Å². The Kier molecular flexibility index (Phi) is 4.06. The number of likely N-dealkylation sites (tertiary alicyclic amines) is 1. The summed E-state index contributed by atoms with van der Waals surface area (Å²) in [4.78, 5) is 2.22. The van der Waals surface area contributed by atoms with E-state index in [0.717, 1.165) is 25.9 Å². The van der Waals surface area contributed by atoms with E-state index in [-0.39, 0.29) is 11.2 Å². The van der Waals surface area contributed by atoms with Crippen LogP contribution >= 0.6 is 23.2 Å². The van der Waals surface area contributed by atoms with Crippen LogP contribution < -0.4 is 0 Å². The molecule has 1 saturated heterocycles. The van der Waals surface area contributed by atoms with Gasteiger partial charge in [-0.15, -0.1) is 11.6 Å². The zero-order valence-corrected chi connectivity index (χ0v) is 10.4. The van der Waals surface area contributed by atoms with Gasteiger partial charge in [-0.3, -0.25) is 4.90 Å². The van der Waals surface area contributed by atoms with Gasteiger partial charge in [-0.1, -0.05) is 11.6 Å². The van der Waals surface area contributed by atoms with E-state index >= 15 is 0 Å². The maximum atomic E-state index is 13.5. The monoisotopic (exact) mass is 261 g/mol. The van der Waals surface area contributed by atoms with E-state index in [9.17, 15) is 4.39 Å². The van der Waals surface area contributed by atoms with E-state index in [1.165, 1.54) is 6.07 Å². The van der Waals surface area contributed by atoms with Gasteiger partial charge >= 0.3 is 0 Å². The van der Waals surface area contributed by atoms with Crippen LogP contribution in [-0.4, -0.2) is 23.4 Å². The molecule has 16 heavy (non-hydrogen) atoms. The van der Waals surface area contributed by atoms with Crippen LogP contribution in [0.1, 0.15) is 18.4 Å². The number of rotatable bonds is 2. The van der Waals surface area contributed by atoms with Crippen LogP contribution in [0.2, 0.25) is 5.02 Å². The molecule has 1 aromatic carbocycles. The minimum atomic E-state index is -0.183. The van der Waals surface area contributed by atoms with Crippen LogP contribution in [0.4, 0.5) is 4.39 Å². The van der Waals surface area contributed by atoms with Gasteiger partial charge in [0.1, 0.15) is 5.82 Å². The molecule has 1 nitrogen and oxygen atoms in total. The molecular formula is C12H14Cl2FN. The van der Waals surface area contributed by atoms with Crippen molar-refractivity contribution >= 4 is 23.2 Å². The Labute approximate surface area is 105 Å². The largest absolute Gasteiger partial charge is 0.299 e. The van der Waals surface area contributed by atoms with E-state index in [1.54, 1.807) is 12.1 Å². The molecule has 0 spiro atoms. The van der Waals surface area contributed by atoms with Gasteiger partial charge < -0.3 is 0 Å². The molecule has 1 aromatic rings. The minimum Gasteiger partial charge on any atom is -0.299 e. The van der Waals surface area contributed by atoms with E-state index in [1.807, 2.05) is 0 Å². The van der Waals surface area contributed by atoms with Crippen LogP contribution in [0.5, 0.6) is 0 Å². The molecule has 1 fully saturated rings. The number of alkyl halides is 1. The Balaban J connectivity index is 2.00. The summed E-state index contributed by atoms with van der Waals surface area (Å²) in [5.41, 5.74) is 0.667. The van der Waals surface area contributed by atoms with Crippen molar-refractivity contribution in [2.45, 2.75) is 24.8 Å². The van der Waals surface area contributed by atoms with Crippen molar-refractivity contribution in [3.05, 3.63) is 34.6 Å². The molecule has 88 valence electrons. The fourth-order valence-corrected chi connectivity index (χ4v) is 2.35. The summed E-state index contributed by atoms with van der Waals surface area (Å²) in [5.74, 6) is -0.183. The first-order chi connectivity index (χ1) is 7.65. The highest BCUT2D eigenvalue weighted by molar-refractivity contribution is 6.30. The quantitative estimate of drug-likeness (QED) is 0.735. The fourth-order valence-electron chi connectivity index (χ4n) is 1.96. The average molecular weight is 262 g/mol. The van der Waals surface area contributed by atoms with Gasteiger partial charge in [0, 0.05) is 22.5 Å². The second-order valence-electron chi connectivity index (χ2n) is 4.19. The Morgan fingerprint density at radius 1 is 1.31 bits per heavy atom. The highest BCUT2D eigenvalue weighted by Crippen LogP contribution is 2.20. The van der Waals surface area contributed by atoms with Gasteiger partial charge in [-0.25, -0.2) is 4.39 Å². The Morgan fingerprint density at radius 3 is 2.69 bits per heavy atom. The lowest BCUT2D eigenvalue weighted by molar-refractivity contribution is 0.220. The van der Waals surface area contributed by atoms with E-state index in [0.29, 0.717) is 17.1 Å². The summed E-state index contributed by atoms with van der Waals surface area (Å²) in [6.07, 6.45) is 1.95. The Morgan fingerprint density at radius 2 is 2.00 bits per heavy atom. The molecule has 0 aliphatic carbocycles. The van der Waals surface area contributed by atoms with Crippen molar-refractivity contribution in [3.63, 3.8) is 0 Å². The Hall–Kier alpha value is -0.310. The third-order valence-electron chi connectivity index (χ3n) is 2.92. The van der Waals surface area contributed by atoms with Crippen LogP contribution in [0, 0.1) is 5.82 Å². The molecule has 0 N–H and O–H groups in total. The van der Waals surface area contributed by atoms with E-state index in [2.05, 4.69) is 4.90 Å². The van der Waals surface area contributed by atoms with Gasteiger partial charge in [-0.05, 0) is 44.1 Å². The van der Waals surface area contributed by atoms with Gasteiger partial charge in [0.25, 0.3) is 0 Å². The first-order valence-electron chi connectivity index (χ1n) is 5.45. The summed E-state index contributed by atoms with van der Waals surface area (Å²) < 4.78 is 13.5.